The maximum atomic E-state index is 4.44. The van der Waals surface area contributed by atoms with E-state index in [1.807, 2.05) is 13.8 Å². The molecular formula is C12H21N3. The third kappa shape index (κ3) is 3.50. The molecule has 0 aliphatic rings. The highest BCUT2D eigenvalue weighted by Crippen LogP contribution is 2.12. The molecule has 1 N–H and O–H groups in total. The minimum absolute atomic E-state index is 0.728. The first-order valence-corrected chi connectivity index (χ1v) is 5.71. The molecule has 0 amide bonds. The number of anilines is 1. The van der Waals surface area contributed by atoms with Crippen molar-refractivity contribution >= 4 is 5.82 Å². The summed E-state index contributed by atoms with van der Waals surface area (Å²) in [5.74, 6) is 1.66. The van der Waals surface area contributed by atoms with Gasteiger partial charge in [0, 0.05) is 12.7 Å². The fraction of sp³-hybridized carbons (Fsp3) is 0.667. The summed E-state index contributed by atoms with van der Waals surface area (Å²) in [5, 5.41) is 3.38. The van der Waals surface area contributed by atoms with Gasteiger partial charge in [-0.15, -0.1) is 0 Å². The molecule has 0 radical (unpaired) electrons. The second kappa shape index (κ2) is 5.69. The summed E-state index contributed by atoms with van der Waals surface area (Å²) < 4.78 is 0. The summed E-state index contributed by atoms with van der Waals surface area (Å²) in [4.78, 5) is 8.72. The van der Waals surface area contributed by atoms with Crippen molar-refractivity contribution in [1.82, 2.24) is 9.97 Å². The average molecular weight is 207 g/mol. The highest BCUT2D eigenvalue weighted by Gasteiger charge is 2.05. The molecule has 3 heteroatoms. The zero-order valence-electron chi connectivity index (χ0n) is 10.2. The van der Waals surface area contributed by atoms with E-state index in [9.17, 15) is 0 Å². The van der Waals surface area contributed by atoms with Gasteiger partial charge in [-0.05, 0) is 19.8 Å². The topological polar surface area (TPSA) is 37.8 Å². The van der Waals surface area contributed by atoms with E-state index in [0.717, 1.165) is 29.7 Å². The van der Waals surface area contributed by atoms with Crippen molar-refractivity contribution in [3.63, 3.8) is 0 Å². The lowest BCUT2D eigenvalue weighted by Gasteiger charge is -2.14. The van der Waals surface area contributed by atoms with Crippen LogP contribution in [0.1, 0.15) is 38.1 Å². The SMILES string of the molecule is CCC(CC)CNc1nc(C)cnc1C. The van der Waals surface area contributed by atoms with E-state index in [1.165, 1.54) is 12.8 Å². The molecule has 15 heavy (non-hydrogen) atoms. The second-order valence-corrected chi connectivity index (χ2v) is 4.01. The van der Waals surface area contributed by atoms with Crippen LogP contribution in [0.15, 0.2) is 6.20 Å². The molecule has 0 atom stereocenters. The van der Waals surface area contributed by atoms with Crippen molar-refractivity contribution in [3.05, 3.63) is 17.6 Å². The Balaban J connectivity index is 2.60. The van der Waals surface area contributed by atoms with Gasteiger partial charge >= 0.3 is 0 Å². The first kappa shape index (κ1) is 12.0. The number of aryl methyl sites for hydroxylation is 2. The van der Waals surface area contributed by atoms with Gasteiger partial charge in [0.1, 0.15) is 5.82 Å². The lowest BCUT2D eigenvalue weighted by Crippen LogP contribution is -2.15. The van der Waals surface area contributed by atoms with Crippen LogP contribution in [0, 0.1) is 19.8 Å². The normalized spacial score (nSPS) is 10.7. The highest BCUT2D eigenvalue weighted by molar-refractivity contribution is 5.39. The first-order valence-electron chi connectivity index (χ1n) is 5.71. The Morgan fingerprint density at radius 3 is 2.53 bits per heavy atom. The van der Waals surface area contributed by atoms with Crippen molar-refractivity contribution in [3.8, 4) is 0 Å². The average Bonchev–Trinajstić information content (AvgIpc) is 2.24. The molecule has 0 saturated carbocycles. The van der Waals surface area contributed by atoms with Crippen LogP contribution < -0.4 is 5.32 Å². The molecule has 0 spiro atoms. The van der Waals surface area contributed by atoms with E-state index in [4.69, 9.17) is 0 Å². The number of rotatable bonds is 5. The maximum absolute atomic E-state index is 4.44. The summed E-state index contributed by atoms with van der Waals surface area (Å²) >= 11 is 0. The lowest BCUT2D eigenvalue weighted by atomic mass is 10.0. The molecular weight excluding hydrogens is 186 g/mol. The fourth-order valence-corrected chi connectivity index (χ4v) is 1.52. The van der Waals surface area contributed by atoms with E-state index < -0.39 is 0 Å². The van der Waals surface area contributed by atoms with Crippen molar-refractivity contribution in [2.75, 3.05) is 11.9 Å². The first-order chi connectivity index (χ1) is 7.17. The van der Waals surface area contributed by atoms with Crippen LogP contribution in [0.3, 0.4) is 0 Å². The number of hydrogen-bond donors (Lipinski definition) is 1. The van der Waals surface area contributed by atoms with Crippen LogP contribution in [-0.4, -0.2) is 16.5 Å². The molecule has 1 rings (SSSR count). The quantitative estimate of drug-likeness (QED) is 0.806. The highest BCUT2D eigenvalue weighted by atomic mass is 15.0. The van der Waals surface area contributed by atoms with E-state index in [1.54, 1.807) is 6.20 Å². The minimum Gasteiger partial charge on any atom is -0.368 e. The molecule has 0 saturated heterocycles. The Hall–Kier alpha value is -1.12. The number of hydrogen-bond acceptors (Lipinski definition) is 3. The van der Waals surface area contributed by atoms with Crippen LogP contribution in [-0.2, 0) is 0 Å². The zero-order chi connectivity index (χ0) is 11.3. The van der Waals surface area contributed by atoms with Gasteiger partial charge in [-0.3, -0.25) is 4.98 Å². The van der Waals surface area contributed by atoms with Crippen LogP contribution in [0.5, 0.6) is 0 Å². The van der Waals surface area contributed by atoms with Crippen molar-refractivity contribution in [2.24, 2.45) is 5.92 Å². The minimum atomic E-state index is 0.728. The second-order valence-electron chi connectivity index (χ2n) is 4.01. The molecule has 84 valence electrons. The molecule has 0 unspecified atom stereocenters. The van der Waals surface area contributed by atoms with Crippen LogP contribution in [0.2, 0.25) is 0 Å². The van der Waals surface area contributed by atoms with E-state index in [2.05, 4.69) is 29.1 Å². The van der Waals surface area contributed by atoms with Gasteiger partial charge in [0.25, 0.3) is 0 Å². The maximum Gasteiger partial charge on any atom is 0.147 e. The standard InChI is InChI=1S/C12H21N3/c1-5-11(6-2)8-14-12-10(4)13-7-9(3)15-12/h7,11H,5-6,8H2,1-4H3,(H,14,15). The Kier molecular flexibility index (Phi) is 4.53. The zero-order valence-corrected chi connectivity index (χ0v) is 10.2. The fourth-order valence-electron chi connectivity index (χ4n) is 1.52. The molecule has 1 aromatic rings. The van der Waals surface area contributed by atoms with Crippen LogP contribution >= 0.6 is 0 Å². The molecule has 0 bridgehead atoms. The van der Waals surface area contributed by atoms with Crippen molar-refractivity contribution in [1.29, 1.82) is 0 Å². The van der Waals surface area contributed by atoms with Gasteiger partial charge in [0.05, 0.1) is 11.4 Å². The summed E-state index contributed by atoms with van der Waals surface area (Å²) in [7, 11) is 0. The Labute approximate surface area is 92.3 Å². The molecule has 1 aromatic heterocycles. The predicted molar refractivity (Wildman–Crippen MR) is 64.1 cm³/mol. The molecule has 1 heterocycles. The smallest absolute Gasteiger partial charge is 0.147 e. The molecule has 0 aliphatic heterocycles. The molecule has 3 nitrogen and oxygen atoms in total. The van der Waals surface area contributed by atoms with Gasteiger partial charge in [-0.2, -0.15) is 0 Å². The van der Waals surface area contributed by atoms with Gasteiger partial charge in [-0.25, -0.2) is 4.98 Å². The van der Waals surface area contributed by atoms with Crippen molar-refractivity contribution < 1.29 is 0 Å². The van der Waals surface area contributed by atoms with E-state index >= 15 is 0 Å². The summed E-state index contributed by atoms with van der Waals surface area (Å²) in [6.45, 7) is 9.40. The van der Waals surface area contributed by atoms with Gasteiger partial charge in [-0.1, -0.05) is 26.7 Å². The van der Waals surface area contributed by atoms with Gasteiger partial charge in [0.15, 0.2) is 0 Å². The summed E-state index contributed by atoms with van der Waals surface area (Å²) in [5.41, 5.74) is 1.94. The number of nitrogens with zero attached hydrogens (tertiary/aromatic N) is 2. The third-order valence-corrected chi connectivity index (χ3v) is 2.79. The molecule has 0 fully saturated rings. The van der Waals surface area contributed by atoms with E-state index in [0.29, 0.717) is 0 Å². The summed E-state index contributed by atoms with van der Waals surface area (Å²) in [6, 6.07) is 0. The van der Waals surface area contributed by atoms with Gasteiger partial charge < -0.3 is 5.32 Å². The van der Waals surface area contributed by atoms with E-state index in [-0.39, 0.29) is 0 Å². The number of nitrogens with one attached hydrogen (secondary N) is 1. The lowest BCUT2D eigenvalue weighted by molar-refractivity contribution is 0.518. The third-order valence-electron chi connectivity index (χ3n) is 2.79. The predicted octanol–water partition coefficient (Wildman–Crippen LogP) is 2.94. The van der Waals surface area contributed by atoms with Crippen molar-refractivity contribution in [2.45, 2.75) is 40.5 Å². The summed E-state index contributed by atoms with van der Waals surface area (Å²) in [6.07, 6.45) is 4.22. The largest absolute Gasteiger partial charge is 0.368 e. The van der Waals surface area contributed by atoms with Crippen LogP contribution in [0.4, 0.5) is 5.82 Å². The molecule has 0 aromatic carbocycles. The Morgan fingerprint density at radius 2 is 1.93 bits per heavy atom. The van der Waals surface area contributed by atoms with Gasteiger partial charge in [0.2, 0.25) is 0 Å². The monoisotopic (exact) mass is 207 g/mol. The Bertz CT molecular complexity index is 306. The van der Waals surface area contributed by atoms with Crippen LogP contribution in [0.25, 0.3) is 0 Å². The molecule has 0 aliphatic carbocycles. The Morgan fingerprint density at radius 1 is 1.27 bits per heavy atom. The number of aromatic nitrogens is 2.